The summed E-state index contributed by atoms with van der Waals surface area (Å²) in [5.41, 5.74) is 2.02. The molecule has 1 aliphatic rings. The molecule has 4 nitrogen and oxygen atoms in total. The first kappa shape index (κ1) is 17.1. The second-order valence-electron chi connectivity index (χ2n) is 6.15. The molecular formula is C19H18F2N2O2. The van der Waals surface area contributed by atoms with Crippen LogP contribution in [-0.4, -0.2) is 29.3 Å². The summed E-state index contributed by atoms with van der Waals surface area (Å²) in [6.45, 7) is 2.20. The van der Waals surface area contributed by atoms with Crippen molar-refractivity contribution in [2.24, 2.45) is 0 Å². The summed E-state index contributed by atoms with van der Waals surface area (Å²) >= 11 is 0. The summed E-state index contributed by atoms with van der Waals surface area (Å²) in [6.07, 6.45) is 0.752. The van der Waals surface area contributed by atoms with Crippen molar-refractivity contribution in [2.45, 2.75) is 25.9 Å². The molecule has 0 saturated carbocycles. The predicted octanol–water partition coefficient (Wildman–Crippen LogP) is 2.67. The molecule has 1 aliphatic heterocycles. The van der Waals surface area contributed by atoms with E-state index in [9.17, 15) is 18.4 Å². The molecule has 0 saturated heterocycles. The Bertz CT molecular complexity index is 823. The zero-order valence-electron chi connectivity index (χ0n) is 13.8. The molecule has 0 aliphatic carbocycles. The molecule has 6 heteroatoms. The second-order valence-corrected chi connectivity index (χ2v) is 6.15. The Kier molecular flexibility index (Phi) is 4.79. The molecule has 0 spiro atoms. The maximum atomic E-state index is 13.6. The highest BCUT2D eigenvalue weighted by Crippen LogP contribution is 2.22. The molecule has 2 amide bonds. The maximum absolute atomic E-state index is 13.6. The molecule has 0 fully saturated rings. The molecule has 1 N–H and O–H groups in total. The molecule has 2 aromatic carbocycles. The minimum absolute atomic E-state index is 0.0156. The number of amides is 2. The fraction of sp³-hybridized carbons (Fsp3) is 0.263. The van der Waals surface area contributed by atoms with Crippen molar-refractivity contribution in [3.05, 3.63) is 70.8 Å². The summed E-state index contributed by atoms with van der Waals surface area (Å²) < 4.78 is 26.5. The number of fused-ring (bicyclic) bond motifs is 1. The van der Waals surface area contributed by atoms with Crippen LogP contribution in [0.3, 0.4) is 0 Å². The van der Waals surface area contributed by atoms with Gasteiger partial charge in [0, 0.05) is 18.7 Å². The number of hydrogen-bond acceptors (Lipinski definition) is 2. The molecule has 1 heterocycles. The first-order valence-electron chi connectivity index (χ1n) is 8.05. The number of carbonyl (C=O) groups excluding carboxylic acids is 2. The zero-order valence-corrected chi connectivity index (χ0v) is 13.8. The lowest BCUT2D eigenvalue weighted by Crippen LogP contribution is -2.47. The van der Waals surface area contributed by atoms with Crippen LogP contribution in [0.4, 0.5) is 8.78 Å². The number of hydrogen-bond donors (Lipinski definition) is 1. The van der Waals surface area contributed by atoms with E-state index in [1.807, 2.05) is 31.2 Å². The van der Waals surface area contributed by atoms with Gasteiger partial charge in [-0.25, -0.2) is 8.78 Å². The summed E-state index contributed by atoms with van der Waals surface area (Å²) in [4.78, 5) is 26.1. The highest BCUT2D eigenvalue weighted by molar-refractivity contribution is 5.96. The molecule has 3 rings (SSSR count). The minimum Gasteiger partial charge on any atom is -0.343 e. The normalized spacial score (nSPS) is 16.3. The van der Waals surface area contributed by atoms with Gasteiger partial charge in [-0.2, -0.15) is 0 Å². The molecule has 0 aromatic heterocycles. The topological polar surface area (TPSA) is 49.4 Å². The van der Waals surface area contributed by atoms with Crippen LogP contribution < -0.4 is 5.32 Å². The second kappa shape index (κ2) is 7.01. The average Bonchev–Trinajstić information content (AvgIpc) is 2.58. The van der Waals surface area contributed by atoms with E-state index < -0.39 is 17.5 Å². The Labute approximate surface area is 144 Å². The third kappa shape index (κ3) is 3.68. The van der Waals surface area contributed by atoms with Crippen LogP contribution in [0.5, 0.6) is 0 Å². The largest absolute Gasteiger partial charge is 0.343 e. The molecule has 0 bridgehead atoms. The summed E-state index contributed by atoms with van der Waals surface area (Å²) in [5.74, 6) is -2.69. The van der Waals surface area contributed by atoms with E-state index in [0.29, 0.717) is 12.6 Å². The van der Waals surface area contributed by atoms with E-state index >= 15 is 0 Å². The molecule has 130 valence electrons. The minimum atomic E-state index is -0.954. The van der Waals surface area contributed by atoms with Crippen LogP contribution in [0.1, 0.15) is 28.4 Å². The standard InChI is InChI=1S/C19H18F2N2O2/c1-12-8-13-4-2-3-5-14(13)11-23(12)18(24)10-22-19(25)16-7-6-15(20)9-17(16)21/h2-7,9,12H,8,10-11H2,1H3,(H,22,25)/t12-/m1/s1. The van der Waals surface area contributed by atoms with Gasteiger partial charge in [0.25, 0.3) is 5.91 Å². The van der Waals surface area contributed by atoms with Crippen LogP contribution in [0, 0.1) is 11.6 Å². The van der Waals surface area contributed by atoms with Crippen molar-refractivity contribution in [1.82, 2.24) is 10.2 Å². The van der Waals surface area contributed by atoms with E-state index in [-0.39, 0.29) is 24.1 Å². The molecule has 2 aromatic rings. The van der Waals surface area contributed by atoms with Crippen LogP contribution in [0.15, 0.2) is 42.5 Å². The van der Waals surface area contributed by atoms with Crippen molar-refractivity contribution in [2.75, 3.05) is 6.54 Å². The van der Waals surface area contributed by atoms with Crippen molar-refractivity contribution in [1.29, 1.82) is 0 Å². The van der Waals surface area contributed by atoms with Gasteiger partial charge in [-0.05, 0) is 36.6 Å². The number of carbonyl (C=O) groups is 2. The van der Waals surface area contributed by atoms with Gasteiger partial charge < -0.3 is 10.2 Å². The van der Waals surface area contributed by atoms with Gasteiger partial charge in [-0.15, -0.1) is 0 Å². The molecule has 0 unspecified atom stereocenters. The number of benzene rings is 2. The third-order valence-corrected chi connectivity index (χ3v) is 4.40. The highest BCUT2D eigenvalue weighted by atomic mass is 19.1. The van der Waals surface area contributed by atoms with E-state index in [2.05, 4.69) is 5.32 Å². The first-order valence-corrected chi connectivity index (χ1v) is 8.05. The lowest BCUT2D eigenvalue weighted by atomic mass is 9.95. The summed E-state index contributed by atoms with van der Waals surface area (Å²) in [6, 6.07) is 10.6. The summed E-state index contributed by atoms with van der Waals surface area (Å²) in [7, 11) is 0. The lowest BCUT2D eigenvalue weighted by Gasteiger charge is -2.35. The van der Waals surface area contributed by atoms with Gasteiger partial charge in [-0.1, -0.05) is 24.3 Å². The third-order valence-electron chi connectivity index (χ3n) is 4.40. The van der Waals surface area contributed by atoms with Gasteiger partial charge in [0.05, 0.1) is 12.1 Å². The van der Waals surface area contributed by atoms with E-state index in [1.54, 1.807) is 4.90 Å². The van der Waals surface area contributed by atoms with Gasteiger partial charge in [0.1, 0.15) is 11.6 Å². The Balaban J connectivity index is 1.64. The van der Waals surface area contributed by atoms with Crippen molar-refractivity contribution in [3.63, 3.8) is 0 Å². The van der Waals surface area contributed by atoms with Crippen molar-refractivity contribution in [3.8, 4) is 0 Å². The zero-order chi connectivity index (χ0) is 18.0. The SMILES string of the molecule is C[C@@H]1Cc2ccccc2CN1C(=O)CNC(=O)c1ccc(F)cc1F. The van der Waals surface area contributed by atoms with Gasteiger partial charge in [0.2, 0.25) is 5.91 Å². The number of rotatable bonds is 3. The van der Waals surface area contributed by atoms with Gasteiger partial charge >= 0.3 is 0 Å². The molecule has 0 radical (unpaired) electrons. The van der Waals surface area contributed by atoms with E-state index in [0.717, 1.165) is 24.1 Å². The summed E-state index contributed by atoms with van der Waals surface area (Å²) in [5, 5.41) is 2.41. The molecule has 25 heavy (non-hydrogen) atoms. The Hall–Kier alpha value is -2.76. The number of halogens is 2. The van der Waals surface area contributed by atoms with Crippen molar-refractivity contribution < 1.29 is 18.4 Å². The predicted molar refractivity (Wildman–Crippen MR) is 88.8 cm³/mol. The van der Waals surface area contributed by atoms with Crippen LogP contribution in [0.2, 0.25) is 0 Å². The van der Waals surface area contributed by atoms with E-state index in [1.165, 1.54) is 5.56 Å². The average molecular weight is 344 g/mol. The smallest absolute Gasteiger partial charge is 0.254 e. The Morgan fingerprint density at radius 3 is 2.60 bits per heavy atom. The quantitative estimate of drug-likeness (QED) is 0.931. The van der Waals surface area contributed by atoms with Crippen LogP contribution in [0.25, 0.3) is 0 Å². The molecular weight excluding hydrogens is 326 g/mol. The highest BCUT2D eigenvalue weighted by Gasteiger charge is 2.26. The Morgan fingerprint density at radius 1 is 1.16 bits per heavy atom. The lowest BCUT2D eigenvalue weighted by molar-refractivity contribution is -0.133. The first-order chi connectivity index (χ1) is 12.0. The fourth-order valence-corrected chi connectivity index (χ4v) is 3.04. The maximum Gasteiger partial charge on any atom is 0.254 e. The monoisotopic (exact) mass is 344 g/mol. The Morgan fingerprint density at radius 2 is 1.88 bits per heavy atom. The number of nitrogens with zero attached hydrogens (tertiary/aromatic N) is 1. The van der Waals surface area contributed by atoms with E-state index in [4.69, 9.17) is 0 Å². The number of nitrogens with one attached hydrogen (secondary N) is 1. The van der Waals surface area contributed by atoms with Gasteiger partial charge in [0.15, 0.2) is 0 Å². The van der Waals surface area contributed by atoms with Crippen LogP contribution >= 0.6 is 0 Å². The van der Waals surface area contributed by atoms with Gasteiger partial charge in [-0.3, -0.25) is 9.59 Å². The molecule has 1 atom stereocenters. The van der Waals surface area contributed by atoms with Crippen molar-refractivity contribution >= 4 is 11.8 Å². The van der Waals surface area contributed by atoms with Crippen LogP contribution in [-0.2, 0) is 17.8 Å². The fourth-order valence-electron chi connectivity index (χ4n) is 3.04.